The SMILES string of the molecule is Cc1ccc(-c2nnc(CC(C)(C)CC(=O)O)o2)cn1. The van der Waals surface area contributed by atoms with Gasteiger partial charge in [0, 0.05) is 18.3 Å². The number of aliphatic carboxylic acids is 1. The molecule has 2 aromatic rings. The number of pyridine rings is 1. The summed E-state index contributed by atoms with van der Waals surface area (Å²) in [5.74, 6) is 0.00271. The van der Waals surface area contributed by atoms with E-state index in [1.807, 2.05) is 32.9 Å². The minimum atomic E-state index is -0.836. The molecule has 2 heterocycles. The van der Waals surface area contributed by atoms with Gasteiger partial charge in [-0.2, -0.15) is 0 Å². The van der Waals surface area contributed by atoms with Crippen molar-refractivity contribution in [2.75, 3.05) is 0 Å². The smallest absolute Gasteiger partial charge is 0.303 e. The molecule has 2 aromatic heterocycles. The molecule has 0 saturated heterocycles. The third kappa shape index (κ3) is 3.63. The highest BCUT2D eigenvalue weighted by molar-refractivity contribution is 5.67. The molecule has 0 aliphatic heterocycles. The van der Waals surface area contributed by atoms with Crippen LogP contribution in [0.5, 0.6) is 0 Å². The van der Waals surface area contributed by atoms with Crippen molar-refractivity contribution in [1.29, 1.82) is 0 Å². The van der Waals surface area contributed by atoms with Crippen molar-refractivity contribution in [1.82, 2.24) is 15.2 Å². The third-order valence-electron chi connectivity index (χ3n) is 2.88. The van der Waals surface area contributed by atoms with E-state index >= 15 is 0 Å². The van der Waals surface area contributed by atoms with E-state index in [-0.39, 0.29) is 6.42 Å². The van der Waals surface area contributed by atoms with Crippen molar-refractivity contribution in [2.24, 2.45) is 5.41 Å². The Labute approximate surface area is 116 Å². The Bertz CT molecular complexity index is 602. The lowest BCUT2D eigenvalue weighted by molar-refractivity contribution is -0.139. The monoisotopic (exact) mass is 275 g/mol. The molecular formula is C14H17N3O3. The molecule has 0 aliphatic carbocycles. The molecule has 6 heteroatoms. The van der Waals surface area contributed by atoms with Gasteiger partial charge in [-0.05, 0) is 24.5 Å². The zero-order valence-electron chi connectivity index (χ0n) is 11.8. The summed E-state index contributed by atoms with van der Waals surface area (Å²) in [6.45, 7) is 5.62. The largest absolute Gasteiger partial charge is 0.481 e. The highest BCUT2D eigenvalue weighted by Gasteiger charge is 2.25. The van der Waals surface area contributed by atoms with Gasteiger partial charge in [0.05, 0.1) is 12.0 Å². The Kier molecular flexibility index (Phi) is 3.83. The number of carboxylic acids is 1. The Morgan fingerprint density at radius 2 is 2.10 bits per heavy atom. The first-order valence-electron chi connectivity index (χ1n) is 6.33. The van der Waals surface area contributed by atoms with Crippen LogP contribution in [0.3, 0.4) is 0 Å². The molecule has 20 heavy (non-hydrogen) atoms. The Morgan fingerprint density at radius 1 is 1.35 bits per heavy atom. The van der Waals surface area contributed by atoms with E-state index in [1.54, 1.807) is 6.20 Å². The lowest BCUT2D eigenvalue weighted by Crippen LogP contribution is -2.19. The van der Waals surface area contributed by atoms with Crippen molar-refractivity contribution >= 4 is 5.97 Å². The quantitative estimate of drug-likeness (QED) is 0.901. The first-order valence-corrected chi connectivity index (χ1v) is 6.33. The van der Waals surface area contributed by atoms with Gasteiger partial charge < -0.3 is 9.52 Å². The lowest BCUT2D eigenvalue weighted by Gasteiger charge is -2.19. The Morgan fingerprint density at radius 3 is 2.70 bits per heavy atom. The van der Waals surface area contributed by atoms with E-state index in [2.05, 4.69) is 15.2 Å². The topological polar surface area (TPSA) is 89.1 Å². The molecule has 0 aliphatic rings. The van der Waals surface area contributed by atoms with E-state index in [9.17, 15) is 4.79 Å². The summed E-state index contributed by atoms with van der Waals surface area (Å²) in [7, 11) is 0. The van der Waals surface area contributed by atoms with Crippen molar-refractivity contribution in [3.8, 4) is 11.5 Å². The van der Waals surface area contributed by atoms with Crippen LogP contribution < -0.4 is 0 Å². The average molecular weight is 275 g/mol. The van der Waals surface area contributed by atoms with E-state index in [4.69, 9.17) is 9.52 Å². The predicted molar refractivity (Wildman–Crippen MR) is 72.0 cm³/mol. The summed E-state index contributed by atoms with van der Waals surface area (Å²) in [5.41, 5.74) is 1.24. The minimum Gasteiger partial charge on any atom is -0.481 e. The fourth-order valence-corrected chi connectivity index (χ4v) is 1.92. The molecule has 2 rings (SSSR count). The van der Waals surface area contributed by atoms with Crippen LogP contribution in [-0.2, 0) is 11.2 Å². The normalized spacial score (nSPS) is 11.6. The first kappa shape index (κ1) is 14.2. The summed E-state index contributed by atoms with van der Waals surface area (Å²) < 4.78 is 5.57. The van der Waals surface area contributed by atoms with E-state index in [1.165, 1.54) is 0 Å². The molecule has 0 bridgehead atoms. The molecule has 0 aromatic carbocycles. The molecule has 6 nitrogen and oxygen atoms in total. The van der Waals surface area contributed by atoms with Gasteiger partial charge in [-0.15, -0.1) is 10.2 Å². The number of carbonyl (C=O) groups is 1. The van der Waals surface area contributed by atoms with Crippen LogP contribution in [-0.4, -0.2) is 26.3 Å². The Hall–Kier alpha value is -2.24. The maximum absolute atomic E-state index is 10.8. The molecule has 0 saturated carbocycles. The van der Waals surface area contributed by atoms with Crippen LogP contribution in [0.25, 0.3) is 11.5 Å². The van der Waals surface area contributed by atoms with Gasteiger partial charge in [0.15, 0.2) is 0 Å². The van der Waals surface area contributed by atoms with Gasteiger partial charge in [0.25, 0.3) is 0 Å². The molecule has 0 radical (unpaired) electrons. The first-order chi connectivity index (χ1) is 9.35. The van der Waals surface area contributed by atoms with Gasteiger partial charge in [-0.1, -0.05) is 13.8 Å². The fourth-order valence-electron chi connectivity index (χ4n) is 1.92. The lowest BCUT2D eigenvalue weighted by atomic mass is 9.86. The van der Waals surface area contributed by atoms with Crippen molar-refractivity contribution in [3.63, 3.8) is 0 Å². The van der Waals surface area contributed by atoms with Crippen LogP contribution in [0, 0.1) is 12.3 Å². The number of aromatic nitrogens is 3. The second-order valence-corrected chi connectivity index (χ2v) is 5.60. The summed E-state index contributed by atoms with van der Waals surface area (Å²) >= 11 is 0. The molecule has 0 unspecified atom stereocenters. The molecule has 0 spiro atoms. The van der Waals surface area contributed by atoms with Crippen molar-refractivity contribution in [3.05, 3.63) is 29.9 Å². The molecular weight excluding hydrogens is 258 g/mol. The van der Waals surface area contributed by atoms with Gasteiger partial charge in [-0.25, -0.2) is 0 Å². The molecule has 0 amide bonds. The van der Waals surface area contributed by atoms with Gasteiger partial charge in [-0.3, -0.25) is 9.78 Å². The summed E-state index contributed by atoms with van der Waals surface area (Å²) in [4.78, 5) is 15.0. The predicted octanol–water partition coefficient (Wildman–Crippen LogP) is 2.48. The van der Waals surface area contributed by atoms with Crippen molar-refractivity contribution < 1.29 is 14.3 Å². The maximum Gasteiger partial charge on any atom is 0.303 e. The summed E-state index contributed by atoms with van der Waals surface area (Å²) in [6.07, 6.45) is 2.15. The number of aryl methyl sites for hydroxylation is 1. The Balaban J connectivity index is 2.13. The second-order valence-electron chi connectivity index (χ2n) is 5.60. The summed E-state index contributed by atoms with van der Waals surface area (Å²) in [5, 5.41) is 16.8. The number of carboxylic acid groups (broad SMARTS) is 1. The average Bonchev–Trinajstić information content (AvgIpc) is 2.75. The van der Waals surface area contributed by atoms with Crippen LogP contribution in [0.1, 0.15) is 31.9 Å². The van der Waals surface area contributed by atoms with Crippen LogP contribution in [0.4, 0.5) is 0 Å². The third-order valence-corrected chi connectivity index (χ3v) is 2.88. The van der Waals surface area contributed by atoms with Gasteiger partial charge in [0.1, 0.15) is 0 Å². The number of hydrogen-bond donors (Lipinski definition) is 1. The summed E-state index contributed by atoms with van der Waals surface area (Å²) in [6, 6.07) is 3.73. The standard InChI is InChI=1S/C14H17N3O3/c1-9-4-5-10(8-15-9)13-17-16-11(20-13)6-14(2,3)7-12(18)19/h4-5,8H,6-7H2,1-3H3,(H,18,19). The van der Waals surface area contributed by atoms with Crippen molar-refractivity contribution in [2.45, 2.75) is 33.6 Å². The van der Waals surface area contributed by atoms with E-state index in [0.717, 1.165) is 11.3 Å². The zero-order chi connectivity index (χ0) is 14.8. The minimum absolute atomic E-state index is 0.0524. The van der Waals surface area contributed by atoms with Crippen LogP contribution in [0.15, 0.2) is 22.7 Å². The maximum atomic E-state index is 10.8. The van der Waals surface area contributed by atoms with E-state index in [0.29, 0.717) is 18.2 Å². The number of nitrogens with zero attached hydrogens (tertiary/aromatic N) is 3. The molecule has 1 N–H and O–H groups in total. The van der Waals surface area contributed by atoms with Gasteiger partial charge in [0.2, 0.25) is 11.8 Å². The highest BCUT2D eigenvalue weighted by atomic mass is 16.4. The fraction of sp³-hybridized carbons (Fsp3) is 0.429. The van der Waals surface area contributed by atoms with Crippen LogP contribution >= 0.6 is 0 Å². The number of hydrogen-bond acceptors (Lipinski definition) is 5. The second kappa shape index (κ2) is 5.40. The zero-order valence-corrected chi connectivity index (χ0v) is 11.8. The molecule has 0 fully saturated rings. The van der Waals surface area contributed by atoms with E-state index < -0.39 is 11.4 Å². The molecule has 0 atom stereocenters. The van der Waals surface area contributed by atoms with Crippen LogP contribution in [0.2, 0.25) is 0 Å². The number of rotatable bonds is 5. The molecule has 106 valence electrons. The highest BCUT2D eigenvalue weighted by Crippen LogP contribution is 2.26. The van der Waals surface area contributed by atoms with Gasteiger partial charge >= 0.3 is 5.97 Å².